The van der Waals surface area contributed by atoms with Gasteiger partial charge in [0, 0.05) is 10.3 Å². The molecule has 0 radical (unpaired) electrons. The molecular formula is C21H21N3O2S2. The third kappa shape index (κ3) is 3.77. The first-order valence-corrected chi connectivity index (χ1v) is 11.0. The van der Waals surface area contributed by atoms with Gasteiger partial charge in [-0.3, -0.25) is 9.59 Å². The van der Waals surface area contributed by atoms with E-state index in [2.05, 4.69) is 10.3 Å². The highest BCUT2D eigenvalue weighted by molar-refractivity contribution is 8.00. The Hall–Kier alpha value is -2.38. The third-order valence-electron chi connectivity index (χ3n) is 4.89. The zero-order valence-corrected chi connectivity index (χ0v) is 17.2. The first-order chi connectivity index (χ1) is 13.5. The predicted octanol–water partition coefficient (Wildman–Crippen LogP) is 4.39. The summed E-state index contributed by atoms with van der Waals surface area (Å²) in [4.78, 5) is 30.5. The molecule has 0 saturated carbocycles. The zero-order chi connectivity index (χ0) is 19.7. The predicted molar refractivity (Wildman–Crippen MR) is 115 cm³/mol. The van der Waals surface area contributed by atoms with E-state index in [1.165, 1.54) is 28.0 Å². The molecule has 1 aromatic carbocycles. The van der Waals surface area contributed by atoms with Crippen LogP contribution >= 0.6 is 23.1 Å². The first kappa shape index (κ1) is 19.0. The van der Waals surface area contributed by atoms with Crippen molar-refractivity contribution in [2.75, 3.05) is 5.32 Å². The smallest absolute Gasteiger partial charge is 0.251 e. The van der Waals surface area contributed by atoms with Gasteiger partial charge in [-0.2, -0.15) is 0 Å². The molecule has 4 rings (SSSR count). The van der Waals surface area contributed by atoms with E-state index in [1.54, 1.807) is 0 Å². The number of rotatable bonds is 5. The molecule has 0 fully saturated rings. The molecule has 144 valence electrons. The number of nitrogens with one attached hydrogen (secondary N) is 1. The molecule has 2 amide bonds. The molecule has 5 nitrogen and oxygen atoms in total. The Balaban J connectivity index is 1.51. The summed E-state index contributed by atoms with van der Waals surface area (Å²) in [6, 6.07) is 11.8. The number of thioether (sulfide) groups is 1. The van der Waals surface area contributed by atoms with Crippen molar-refractivity contribution in [1.82, 2.24) is 4.98 Å². The lowest BCUT2D eigenvalue weighted by Crippen LogP contribution is -2.24. The zero-order valence-electron chi connectivity index (χ0n) is 15.5. The number of hydrogen-bond acceptors (Lipinski definition) is 5. The largest absolute Gasteiger partial charge is 0.365 e. The number of thiophene rings is 1. The van der Waals surface area contributed by atoms with Crippen LogP contribution in [0.4, 0.5) is 5.00 Å². The van der Waals surface area contributed by atoms with E-state index >= 15 is 0 Å². The number of primary amides is 1. The van der Waals surface area contributed by atoms with E-state index in [0.29, 0.717) is 10.6 Å². The molecule has 2 aromatic heterocycles. The van der Waals surface area contributed by atoms with Gasteiger partial charge in [-0.15, -0.1) is 11.3 Å². The fraction of sp³-hybridized carbons (Fsp3) is 0.286. The van der Waals surface area contributed by atoms with Crippen LogP contribution in [-0.2, 0) is 17.6 Å². The lowest BCUT2D eigenvalue weighted by Gasteiger charge is -2.12. The Morgan fingerprint density at radius 3 is 2.79 bits per heavy atom. The average molecular weight is 412 g/mol. The fourth-order valence-electron chi connectivity index (χ4n) is 3.48. The second-order valence-corrected chi connectivity index (χ2v) is 9.34. The molecule has 0 saturated heterocycles. The SMILES string of the molecule is C[C@H](Sc1ccc2ccccc2n1)C(=O)Nc1sc2c(c1C(N)=O)CCCC2. The van der Waals surface area contributed by atoms with Crippen LogP contribution in [0, 0.1) is 0 Å². The lowest BCUT2D eigenvalue weighted by molar-refractivity contribution is -0.115. The van der Waals surface area contributed by atoms with Crippen molar-refractivity contribution in [3.63, 3.8) is 0 Å². The Kier molecular flexibility index (Phi) is 5.37. The van der Waals surface area contributed by atoms with Gasteiger partial charge < -0.3 is 11.1 Å². The van der Waals surface area contributed by atoms with Gasteiger partial charge in [0.25, 0.3) is 5.91 Å². The number of carbonyl (C=O) groups excluding carboxylic acids is 2. The number of carbonyl (C=O) groups is 2. The number of nitrogens with two attached hydrogens (primary N) is 1. The third-order valence-corrected chi connectivity index (χ3v) is 7.14. The van der Waals surface area contributed by atoms with Gasteiger partial charge in [-0.05, 0) is 50.3 Å². The van der Waals surface area contributed by atoms with E-state index in [-0.39, 0.29) is 11.2 Å². The molecule has 3 N–H and O–H groups in total. The van der Waals surface area contributed by atoms with Crippen molar-refractivity contribution in [3.05, 3.63) is 52.4 Å². The summed E-state index contributed by atoms with van der Waals surface area (Å²) in [5, 5.41) is 5.03. The standard InChI is InChI=1S/C21H21N3O2S2/c1-12(27-17-11-10-13-6-2-4-8-15(13)23-17)20(26)24-21-18(19(22)25)14-7-3-5-9-16(14)28-21/h2,4,6,8,10-12H,3,5,7,9H2,1H3,(H2,22,25)(H,24,26)/t12-/m0/s1. The maximum Gasteiger partial charge on any atom is 0.251 e. The summed E-state index contributed by atoms with van der Waals surface area (Å²) in [7, 11) is 0. The highest BCUT2D eigenvalue weighted by Crippen LogP contribution is 2.38. The second kappa shape index (κ2) is 7.93. The first-order valence-electron chi connectivity index (χ1n) is 9.30. The van der Waals surface area contributed by atoms with E-state index in [4.69, 9.17) is 5.73 Å². The Morgan fingerprint density at radius 2 is 1.96 bits per heavy atom. The highest BCUT2D eigenvalue weighted by atomic mass is 32.2. The number of aromatic nitrogens is 1. The van der Waals surface area contributed by atoms with Crippen LogP contribution in [0.15, 0.2) is 41.4 Å². The number of benzene rings is 1. The minimum atomic E-state index is -0.466. The van der Waals surface area contributed by atoms with Crippen LogP contribution in [0.3, 0.4) is 0 Å². The molecule has 0 bridgehead atoms. The molecule has 3 aromatic rings. The molecule has 7 heteroatoms. The number of para-hydroxylation sites is 1. The second-order valence-electron chi connectivity index (χ2n) is 6.87. The molecule has 2 heterocycles. The molecule has 0 spiro atoms. The number of hydrogen-bond donors (Lipinski definition) is 2. The van der Waals surface area contributed by atoms with Crippen LogP contribution in [0.2, 0.25) is 0 Å². The molecule has 1 aliphatic carbocycles. The number of amides is 2. The Bertz CT molecular complexity index is 1060. The maximum absolute atomic E-state index is 12.8. The van der Waals surface area contributed by atoms with Crippen molar-refractivity contribution in [1.29, 1.82) is 0 Å². The molecule has 1 aliphatic rings. The van der Waals surface area contributed by atoms with Crippen LogP contribution in [0.25, 0.3) is 10.9 Å². The number of fused-ring (bicyclic) bond motifs is 2. The summed E-state index contributed by atoms with van der Waals surface area (Å²) >= 11 is 2.89. The maximum atomic E-state index is 12.8. The summed E-state index contributed by atoms with van der Waals surface area (Å²) < 4.78 is 0. The Labute approximate surface area is 171 Å². The quantitative estimate of drug-likeness (QED) is 0.610. The van der Waals surface area contributed by atoms with Gasteiger partial charge in [0.15, 0.2) is 0 Å². The van der Waals surface area contributed by atoms with Crippen molar-refractivity contribution < 1.29 is 9.59 Å². The van der Waals surface area contributed by atoms with Gasteiger partial charge in [-0.25, -0.2) is 4.98 Å². The van der Waals surface area contributed by atoms with Crippen LogP contribution in [0.5, 0.6) is 0 Å². The Morgan fingerprint density at radius 1 is 1.18 bits per heavy atom. The molecule has 0 aliphatic heterocycles. The van der Waals surface area contributed by atoms with Crippen LogP contribution < -0.4 is 11.1 Å². The van der Waals surface area contributed by atoms with Gasteiger partial charge in [0.05, 0.1) is 21.4 Å². The van der Waals surface area contributed by atoms with Crippen molar-refractivity contribution >= 4 is 50.8 Å². The highest BCUT2D eigenvalue weighted by Gasteiger charge is 2.26. The lowest BCUT2D eigenvalue weighted by atomic mass is 9.95. The summed E-state index contributed by atoms with van der Waals surface area (Å²) in [6.45, 7) is 1.84. The van der Waals surface area contributed by atoms with Gasteiger partial charge in [0.1, 0.15) is 5.00 Å². The van der Waals surface area contributed by atoms with Crippen molar-refractivity contribution in [3.8, 4) is 0 Å². The number of pyridine rings is 1. The molecule has 0 unspecified atom stereocenters. The van der Waals surface area contributed by atoms with Crippen molar-refractivity contribution in [2.45, 2.75) is 42.9 Å². The molecular weight excluding hydrogens is 390 g/mol. The number of anilines is 1. The molecule has 1 atom stereocenters. The minimum Gasteiger partial charge on any atom is -0.365 e. The van der Waals surface area contributed by atoms with Crippen molar-refractivity contribution in [2.24, 2.45) is 5.73 Å². The fourth-order valence-corrected chi connectivity index (χ4v) is 5.60. The average Bonchev–Trinajstić information content (AvgIpc) is 3.05. The van der Waals surface area contributed by atoms with Gasteiger partial charge >= 0.3 is 0 Å². The van der Waals surface area contributed by atoms with E-state index < -0.39 is 5.91 Å². The molecule has 28 heavy (non-hydrogen) atoms. The van der Waals surface area contributed by atoms with E-state index in [1.807, 2.05) is 43.3 Å². The van der Waals surface area contributed by atoms with Gasteiger partial charge in [-0.1, -0.05) is 36.0 Å². The topological polar surface area (TPSA) is 85.1 Å². The summed E-state index contributed by atoms with van der Waals surface area (Å²) in [5.74, 6) is -0.618. The summed E-state index contributed by atoms with van der Waals surface area (Å²) in [5.41, 5.74) is 8.04. The van der Waals surface area contributed by atoms with Crippen LogP contribution in [-0.4, -0.2) is 22.0 Å². The monoisotopic (exact) mass is 411 g/mol. The van der Waals surface area contributed by atoms with E-state index in [0.717, 1.165) is 47.2 Å². The number of nitrogens with zero attached hydrogens (tertiary/aromatic N) is 1. The normalized spacial score (nSPS) is 14.5. The van der Waals surface area contributed by atoms with Gasteiger partial charge in [0.2, 0.25) is 5.91 Å². The minimum absolute atomic E-state index is 0.152. The number of aryl methyl sites for hydroxylation is 1. The van der Waals surface area contributed by atoms with E-state index in [9.17, 15) is 9.59 Å². The summed E-state index contributed by atoms with van der Waals surface area (Å²) in [6.07, 6.45) is 3.96. The van der Waals surface area contributed by atoms with Crippen LogP contribution in [0.1, 0.15) is 40.6 Å².